The Morgan fingerprint density at radius 1 is 0.833 bits per heavy atom. The lowest BCUT2D eigenvalue weighted by molar-refractivity contribution is -0.268. The molecule has 5 atom stereocenters. The summed E-state index contributed by atoms with van der Waals surface area (Å²) in [7, 11) is 2.98. The van der Waals surface area contributed by atoms with Crippen molar-refractivity contribution in [3.8, 4) is 5.75 Å². The highest BCUT2D eigenvalue weighted by Crippen LogP contribution is 2.43. The molecule has 252 valence electrons. The number of aliphatic hydroxyl groups is 1. The molecule has 3 N–H and O–H groups in total. The predicted octanol–water partition coefficient (Wildman–Crippen LogP) is 6.35. The number of nitrogens with one attached hydrogen (secondary N) is 2. The third-order valence-corrected chi connectivity index (χ3v) is 9.52. The average Bonchev–Trinajstić information content (AvgIpc) is 3.13. The summed E-state index contributed by atoms with van der Waals surface area (Å²) in [5, 5.41) is 15.1. The second kappa shape index (κ2) is 17.2. The molecule has 0 aliphatic carbocycles. The Labute approximate surface area is 286 Å². The van der Waals surface area contributed by atoms with Gasteiger partial charge in [0.05, 0.1) is 33.0 Å². The number of aliphatic hydroxyl groups excluding tert-OH is 1. The molecule has 4 aromatic carbocycles. The van der Waals surface area contributed by atoms with E-state index in [-0.39, 0.29) is 31.3 Å². The first kappa shape index (κ1) is 35.0. The maximum Gasteiger partial charge on any atom is 0.328 e. The molecule has 0 aromatic heterocycles. The monoisotopic (exact) mass is 670 g/mol. The lowest BCUT2D eigenvalue weighted by Crippen LogP contribution is -2.47. The van der Waals surface area contributed by atoms with E-state index in [0.717, 1.165) is 38.5 Å². The Morgan fingerprint density at radius 3 is 2.19 bits per heavy atom. The minimum Gasteiger partial charge on any atom is -0.496 e. The largest absolute Gasteiger partial charge is 0.496 e. The summed E-state index contributed by atoms with van der Waals surface area (Å²) < 4.78 is 23.7. The minimum atomic E-state index is -0.815. The van der Waals surface area contributed by atoms with Gasteiger partial charge in [0.15, 0.2) is 6.29 Å². The Hall–Kier alpha value is -4.35. The molecule has 48 heavy (non-hydrogen) atoms. The molecule has 0 spiro atoms. The van der Waals surface area contributed by atoms with Crippen LogP contribution in [0.4, 0.5) is 4.79 Å². The van der Waals surface area contributed by atoms with E-state index in [4.69, 9.17) is 18.9 Å². The van der Waals surface area contributed by atoms with Gasteiger partial charge in [-0.15, -0.1) is 11.8 Å². The van der Waals surface area contributed by atoms with Crippen molar-refractivity contribution in [1.29, 1.82) is 0 Å². The highest BCUT2D eigenvalue weighted by atomic mass is 32.2. The number of benzene rings is 4. The van der Waals surface area contributed by atoms with Crippen molar-refractivity contribution in [1.82, 2.24) is 10.6 Å². The standard InChI is InChI=1S/C38H42N2O7S/c1-25-33(24-48-34-12-8-7-11-32(34)44-2)46-37(47-35(25)29-17-15-28(23-41)16-18-29)30-19-13-27(14-20-30)22-39-38(43)40-31(36(42)45-3)21-26-9-5-4-6-10-26/h4-20,25,31,33,35,37,41H,21-24H2,1-3H3,(H2,39,40,43). The lowest BCUT2D eigenvalue weighted by atomic mass is 9.91. The molecular weight excluding hydrogens is 628 g/mol. The Kier molecular flexibility index (Phi) is 12.5. The summed E-state index contributed by atoms with van der Waals surface area (Å²) in [5.41, 5.74) is 4.50. The third kappa shape index (κ3) is 9.17. The number of methoxy groups -OCH3 is 2. The molecule has 4 aromatic rings. The van der Waals surface area contributed by atoms with E-state index < -0.39 is 24.3 Å². The van der Waals surface area contributed by atoms with Crippen molar-refractivity contribution >= 4 is 23.8 Å². The fourth-order valence-electron chi connectivity index (χ4n) is 5.59. The highest BCUT2D eigenvalue weighted by molar-refractivity contribution is 7.99. The zero-order chi connectivity index (χ0) is 33.9. The minimum absolute atomic E-state index is 0.0202. The van der Waals surface area contributed by atoms with Gasteiger partial charge in [0, 0.05) is 35.1 Å². The van der Waals surface area contributed by atoms with Crippen LogP contribution in [0.2, 0.25) is 0 Å². The smallest absolute Gasteiger partial charge is 0.328 e. The highest BCUT2D eigenvalue weighted by Gasteiger charge is 2.38. The van der Waals surface area contributed by atoms with E-state index in [0.29, 0.717) is 12.2 Å². The quantitative estimate of drug-likeness (QED) is 0.111. The van der Waals surface area contributed by atoms with E-state index in [2.05, 4.69) is 17.6 Å². The van der Waals surface area contributed by atoms with Crippen LogP contribution < -0.4 is 15.4 Å². The number of urea groups is 1. The van der Waals surface area contributed by atoms with Gasteiger partial charge in [0.2, 0.25) is 0 Å². The predicted molar refractivity (Wildman–Crippen MR) is 184 cm³/mol. The normalized spacial score (nSPS) is 19.6. The molecule has 1 fully saturated rings. The number of hydrogen-bond acceptors (Lipinski definition) is 8. The van der Waals surface area contributed by atoms with Gasteiger partial charge >= 0.3 is 12.0 Å². The van der Waals surface area contributed by atoms with Crippen molar-refractivity contribution < 1.29 is 33.6 Å². The van der Waals surface area contributed by atoms with Crippen molar-refractivity contribution in [2.24, 2.45) is 5.92 Å². The zero-order valence-electron chi connectivity index (χ0n) is 27.3. The van der Waals surface area contributed by atoms with E-state index in [1.54, 1.807) is 18.9 Å². The molecule has 5 rings (SSSR count). The number of rotatable bonds is 13. The van der Waals surface area contributed by atoms with Gasteiger partial charge in [-0.1, -0.05) is 97.9 Å². The fraction of sp³-hybridized carbons (Fsp3) is 0.316. The van der Waals surface area contributed by atoms with Crippen LogP contribution >= 0.6 is 11.8 Å². The lowest BCUT2D eigenvalue weighted by Gasteiger charge is -2.41. The molecule has 1 aliphatic heterocycles. The van der Waals surface area contributed by atoms with Gasteiger partial charge in [-0.25, -0.2) is 9.59 Å². The molecule has 10 heteroatoms. The number of amides is 2. The molecule has 0 bridgehead atoms. The number of ether oxygens (including phenoxy) is 4. The van der Waals surface area contributed by atoms with Gasteiger partial charge < -0.3 is 34.7 Å². The summed E-state index contributed by atoms with van der Waals surface area (Å²) in [6, 6.07) is 31.7. The number of carbonyl (C=O) groups excluding carboxylic acids is 2. The summed E-state index contributed by atoms with van der Waals surface area (Å²) in [6.07, 6.45) is -0.662. The van der Waals surface area contributed by atoms with Gasteiger partial charge in [-0.05, 0) is 34.4 Å². The summed E-state index contributed by atoms with van der Waals surface area (Å²) in [5.74, 6) is 1.05. The second-order valence-electron chi connectivity index (χ2n) is 11.6. The van der Waals surface area contributed by atoms with Crippen LogP contribution in [0.3, 0.4) is 0 Å². The van der Waals surface area contributed by atoms with Crippen LogP contribution in [-0.2, 0) is 38.6 Å². The van der Waals surface area contributed by atoms with Crippen LogP contribution in [0.25, 0.3) is 0 Å². The molecule has 5 unspecified atom stereocenters. The topological polar surface area (TPSA) is 115 Å². The third-order valence-electron chi connectivity index (χ3n) is 8.37. The molecule has 1 saturated heterocycles. The molecule has 1 heterocycles. The molecule has 0 radical (unpaired) electrons. The first-order chi connectivity index (χ1) is 23.4. The molecule has 2 amide bonds. The van der Waals surface area contributed by atoms with Gasteiger partial charge in [0.25, 0.3) is 0 Å². The fourth-order valence-corrected chi connectivity index (χ4v) is 6.78. The van der Waals surface area contributed by atoms with Gasteiger partial charge in [0.1, 0.15) is 11.8 Å². The van der Waals surface area contributed by atoms with Crippen molar-refractivity contribution in [2.45, 2.75) is 55.9 Å². The number of esters is 1. The summed E-state index contributed by atoms with van der Waals surface area (Å²) >= 11 is 1.69. The Bertz CT molecular complexity index is 1620. The van der Waals surface area contributed by atoms with E-state index in [9.17, 15) is 14.7 Å². The van der Waals surface area contributed by atoms with E-state index >= 15 is 0 Å². The first-order valence-electron chi connectivity index (χ1n) is 15.9. The maximum atomic E-state index is 12.7. The molecular formula is C38H42N2O7S. The number of hydrogen-bond donors (Lipinski definition) is 3. The van der Waals surface area contributed by atoms with Crippen molar-refractivity contribution in [2.75, 3.05) is 20.0 Å². The number of carbonyl (C=O) groups is 2. The summed E-state index contributed by atoms with van der Waals surface area (Å²) in [6.45, 7) is 2.37. The average molecular weight is 671 g/mol. The van der Waals surface area contributed by atoms with Crippen LogP contribution in [-0.4, -0.2) is 49.2 Å². The molecule has 0 saturated carbocycles. The summed E-state index contributed by atoms with van der Waals surface area (Å²) in [4.78, 5) is 26.1. The van der Waals surface area contributed by atoms with Crippen molar-refractivity contribution in [3.05, 3.63) is 131 Å². The first-order valence-corrected chi connectivity index (χ1v) is 16.9. The zero-order valence-corrected chi connectivity index (χ0v) is 28.2. The number of para-hydroxylation sites is 1. The Balaban J connectivity index is 1.25. The van der Waals surface area contributed by atoms with Crippen LogP contribution in [0, 0.1) is 5.92 Å². The van der Waals surface area contributed by atoms with Crippen LogP contribution in [0.5, 0.6) is 5.75 Å². The molecule has 1 aliphatic rings. The SMILES string of the molecule is COC(=O)C(Cc1ccccc1)NC(=O)NCc1ccc(C2OC(CSc3ccccc3OC)C(C)C(c3ccc(CO)cc3)O2)cc1. The van der Waals surface area contributed by atoms with Gasteiger partial charge in [-0.3, -0.25) is 0 Å². The van der Waals surface area contributed by atoms with Gasteiger partial charge in [-0.2, -0.15) is 0 Å². The van der Waals surface area contributed by atoms with E-state index in [1.807, 2.05) is 103 Å². The van der Waals surface area contributed by atoms with Crippen molar-refractivity contribution in [3.63, 3.8) is 0 Å². The number of thioether (sulfide) groups is 1. The maximum absolute atomic E-state index is 12.7. The second-order valence-corrected chi connectivity index (χ2v) is 12.7. The molecule has 9 nitrogen and oxygen atoms in total. The van der Waals surface area contributed by atoms with Crippen LogP contribution in [0.1, 0.15) is 47.1 Å². The van der Waals surface area contributed by atoms with Crippen LogP contribution in [0.15, 0.2) is 108 Å². The van der Waals surface area contributed by atoms with E-state index in [1.165, 1.54) is 7.11 Å². The Morgan fingerprint density at radius 2 is 1.50 bits per heavy atom.